The van der Waals surface area contributed by atoms with E-state index in [0.717, 1.165) is 9.44 Å². The van der Waals surface area contributed by atoms with E-state index in [-0.39, 0.29) is 11.6 Å². The number of aryl methyl sites for hydroxylation is 1. The van der Waals surface area contributed by atoms with Crippen molar-refractivity contribution >= 4 is 68.0 Å². The molecular formula is C22H16Cl3N3O3S. The number of benzene rings is 2. The highest BCUT2D eigenvalue weighted by Crippen LogP contribution is 2.26. The molecule has 0 aliphatic carbocycles. The highest BCUT2D eigenvalue weighted by atomic mass is 35.5. The van der Waals surface area contributed by atoms with Crippen molar-refractivity contribution < 1.29 is 4.79 Å². The van der Waals surface area contributed by atoms with Crippen molar-refractivity contribution in [3.8, 4) is 5.69 Å². The van der Waals surface area contributed by atoms with Crippen LogP contribution in [0.5, 0.6) is 0 Å². The molecule has 6 nitrogen and oxygen atoms in total. The van der Waals surface area contributed by atoms with Gasteiger partial charge in [-0.15, -0.1) is 11.3 Å². The summed E-state index contributed by atoms with van der Waals surface area (Å²) in [7, 11) is 0. The summed E-state index contributed by atoms with van der Waals surface area (Å²) in [4.78, 5) is 40.7. The first kappa shape index (κ1) is 22.6. The highest BCUT2D eigenvalue weighted by molar-refractivity contribution is 7.18. The van der Waals surface area contributed by atoms with Crippen LogP contribution in [0.1, 0.15) is 11.8 Å². The molecular weight excluding hydrogens is 493 g/mol. The summed E-state index contributed by atoms with van der Waals surface area (Å²) in [6.07, 6.45) is 0.691. The maximum absolute atomic E-state index is 13.4. The topological polar surface area (TPSA) is 73.1 Å². The lowest BCUT2D eigenvalue weighted by molar-refractivity contribution is -0.116. The molecule has 0 bridgehead atoms. The van der Waals surface area contributed by atoms with Crippen molar-refractivity contribution in [2.24, 2.45) is 0 Å². The second-order valence-corrected chi connectivity index (χ2v) is 9.34. The SMILES string of the molecule is CCc1cc2c(=O)n(-c3cccc(Cl)c3)c(=O)n(CC(=O)Nc3ccc(Cl)cc3Cl)c2s1. The van der Waals surface area contributed by atoms with Crippen LogP contribution in [0, 0.1) is 0 Å². The average Bonchev–Trinajstić information content (AvgIpc) is 3.18. The van der Waals surface area contributed by atoms with Crippen LogP contribution < -0.4 is 16.6 Å². The number of nitrogens with zero attached hydrogens (tertiary/aromatic N) is 2. The predicted octanol–water partition coefficient (Wildman–Crippen LogP) is 5.38. The van der Waals surface area contributed by atoms with Gasteiger partial charge in [0.25, 0.3) is 5.56 Å². The molecule has 2 aromatic heterocycles. The third kappa shape index (κ3) is 4.34. The molecule has 0 radical (unpaired) electrons. The molecule has 4 aromatic rings. The number of carbonyl (C=O) groups excluding carboxylic acids is 1. The molecule has 0 atom stereocenters. The largest absolute Gasteiger partial charge is 0.337 e. The van der Waals surface area contributed by atoms with Crippen LogP contribution in [0.4, 0.5) is 5.69 Å². The van der Waals surface area contributed by atoms with E-state index in [1.165, 1.54) is 28.0 Å². The Kier molecular flexibility index (Phi) is 6.44. The van der Waals surface area contributed by atoms with E-state index >= 15 is 0 Å². The number of amides is 1. The lowest BCUT2D eigenvalue weighted by Gasteiger charge is -2.13. The van der Waals surface area contributed by atoms with Gasteiger partial charge in [-0.05, 0) is 48.9 Å². The lowest BCUT2D eigenvalue weighted by atomic mass is 10.3. The molecule has 0 aliphatic rings. The van der Waals surface area contributed by atoms with Gasteiger partial charge in [0, 0.05) is 14.9 Å². The van der Waals surface area contributed by atoms with Gasteiger partial charge in [-0.3, -0.25) is 14.2 Å². The number of anilines is 1. The summed E-state index contributed by atoms with van der Waals surface area (Å²) in [5, 5.41) is 4.15. The van der Waals surface area contributed by atoms with E-state index in [2.05, 4.69) is 5.32 Å². The van der Waals surface area contributed by atoms with Crippen LogP contribution >= 0.6 is 46.1 Å². The Morgan fingerprint density at radius 3 is 2.47 bits per heavy atom. The molecule has 0 unspecified atom stereocenters. The van der Waals surface area contributed by atoms with Crippen molar-refractivity contribution in [2.45, 2.75) is 19.9 Å². The van der Waals surface area contributed by atoms with Crippen molar-refractivity contribution in [1.29, 1.82) is 0 Å². The summed E-state index contributed by atoms with van der Waals surface area (Å²) >= 11 is 19.4. The summed E-state index contributed by atoms with van der Waals surface area (Å²) in [6.45, 7) is 1.65. The Morgan fingerprint density at radius 1 is 1.03 bits per heavy atom. The van der Waals surface area contributed by atoms with Gasteiger partial charge in [-0.25, -0.2) is 9.36 Å². The van der Waals surface area contributed by atoms with Gasteiger partial charge in [-0.2, -0.15) is 0 Å². The minimum absolute atomic E-state index is 0.275. The number of carbonyl (C=O) groups is 1. The first-order valence-electron chi connectivity index (χ1n) is 9.57. The minimum atomic E-state index is -0.633. The number of hydrogen-bond donors (Lipinski definition) is 1. The summed E-state index contributed by atoms with van der Waals surface area (Å²) < 4.78 is 2.32. The van der Waals surface area contributed by atoms with E-state index in [9.17, 15) is 14.4 Å². The number of aromatic nitrogens is 2. The van der Waals surface area contributed by atoms with Crippen LogP contribution in [0.3, 0.4) is 0 Å². The summed E-state index contributed by atoms with van der Waals surface area (Å²) in [5.41, 5.74) is -0.394. The fourth-order valence-corrected chi connectivity index (χ4v) is 5.00. The third-order valence-electron chi connectivity index (χ3n) is 4.79. The quantitative estimate of drug-likeness (QED) is 0.394. The standard InChI is InChI=1S/C22H16Cl3N3O3S/c1-2-15-10-16-20(30)28(14-5-3-4-12(23)8-14)22(31)27(21(16)32-15)11-19(29)26-18-7-6-13(24)9-17(18)25/h3-10H,2,11H2,1H3,(H,26,29). The molecule has 10 heteroatoms. The number of thiophene rings is 1. The molecule has 32 heavy (non-hydrogen) atoms. The molecule has 0 aliphatic heterocycles. The number of hydrogen-bond acceptors (Lipinski definition) is 4. The first-order chi connectivity index (χ1) is 15.3. The fraction of sp³-hybridized carbons (Fsp3) is 0.136. The zero-order valence-electron chi connectivity index (χ0n) is 16.7. The van der Waals surface area contributed by atoms with Gasteiger partial charge in [0.1, 0.15) is 11.4 Å². The predicted molar refractivity (Wildman–Crippen MR) is 131 cm³/mol. The maximum Gasteiger partial charge on any atom is 0.337 e. The number of nitrogens with one attached hydrogen (secondary N) is 1. The Hall–Kier alpha value is -2.58. The first-order valence-corrected chi connectivity index (χ1v) is 11.5. The van der Waals surface area contributed by atoms with E-state index in [0.29, 0.717) is 38.1 Å². The second kappa shape index (κ2) is 9.11. The Bertz CT molecular complexity index is 1470. The zero-order chi connectivity index (χ0) is 23.0. The Morgan fingerprint density at radius 2 is 1.78 bits per heavy atom. The molecule has 0 fully saturated rings. The molecule has 0 spiro atoms. The van der Waals surface area contributed by atoms with Crippen LogP contribution in [-0.2, 0) is 17.8 Å². The van der Waals surface area contributed by atoms with Crippen molar-refractivity contribution in [3.63, 3.8) is 0 Å². The third-order valence-corrected chi connectivity index (χ3v) is 6.87. The average molecular weight is 509 g/mol. The van der Waals surface area contributed by atoms with Gasteiger partial charge in [0.15, 0.2) is 0 Å². The minimum Gasteiger partial charge on any atom is -0.323 e. The van der Waals surface area contributed by atoms with Gasteiger partial charge >= 0.3 is 5.69 Å². The molecule has 4 rings (SSSR count). The van der Waals surface area contributed by atoms with Gasteiger partial charge in [-0.1, -0.05) is 47.8 Å². The zero-order valence-corrected chi connectivity index (χ0v) is 19.8. The maximum atomic E-state index is 13.4. The molecule has 0 saturated carbocycles. The summed E-state index contributed by atoms with van der Waals surface area (Å²) in [5.74, 6) is -0.472. The van der Waals surface area contributed by atoms with Crippen molar-refractivity contribution in [1.82, 2.24) is 9.13 Å². The van der Waals surface area contributed by atoms with E-state index in [4.69, 9.17) is 34.8 Å². The normalized spacial score (nSPS) is 11.1. The van der Waals surface area contributed by atoms with Gasteiger partial charge < -0.3 is 5.32 Å². The van der Waals surface area contributed by atoms with Crippen LogP contribution in [0.25, 0.3) is 15.9 Å². The van der Waals surface area contributed by atoms with Crippen molar-refractivity contribution in [3.05, 3.63) is 89.3 Å². The van der Waals surface area contributed by atoms with Gasteiger partial charge in [0.2, 0.25) is 5.91 Å². The lowest BCUT2D eigenvalue weighted by Crippen LogP contribution is -2.40. The number of halogens is 3. The second-order valence-electron chi connectivity index (χ2n) is 6.95. The summed E-state index contributed by atoms with van der Waals surface area (Å²) in [6, 6.07) is 12.9. The highest BCUT2D eigenvalue weighted by Gasteiger charge is 2.19. The van der Waals surface area contributed by atoms with E-state index in [1.807, 2.05) is 6.92 Å². The molecule has 2 aromatic carbocycles. The van der Waals surface area contributed by atoms with Crippen LogP contribution in [0.2, 0.25) is 15.1 Å². The molecule has 164 valence electrons. The number of rotatable bonds is 5. The fourth-order valence-electron chi connectivity index (χ4n) is 3.28. The van der Waals surface area contributed by atoms with Crippen molar-refractivity contribution in [2.75, 3.05) is 5.32 Å². The molecule has 0 saturated heterocycles. The smallest absolute Gasteiger partial charge is 0.323 e. The molecule has 2 heterocycles. The van der Waals surface area contributed by atoms with Crippen LogP contribution in [0.15, 0.2) is 58.1 Å². The van der Waals surface area contributed by atoms with Crippen LogP contribution in [-0.4, -0.2) is 15.0 Å². The van der Waals surface area contributed by atoms with E-state index < -0.39 is 17.2 Å². The van der Waals surface area contributed by atoms with Gasteiger partial charge in [0.05, 0.1) is 21.8 Å². The monoisotopic (exact) mass is 507 g/mol. The molecule has 1 amide bonds. The number of fused-ring (bicyclic) bond motifs is 1. The Labute approximate surface area is 201 Å². The molecule has 1 N–H and O–H groups in total. The van der Waals surface area contributed by atoms with E-state index in [1.54, 1.807) is 36.4 Å². The Balaban J connectivity index is 1.84.